The van der Waals surface area contributed by atoms with E-state index in [1.807, 2.05) is 35.1 Å². The number of nitrogens with zero attached hydrogens (tertiary/aromatic N) is 2. The highest BCUT2D eigenvalue weighted by atomic mass is 19.1. The number of aromatic nitrogens is 2. The van der Waals surface area contributed by atoms with Crippen molar-refractivity contribution in [3.8, 4) is 0 Å². The Hall–Kier alpha value is -2.95. The molecule has 4 nitrogen and oxygen atoms in total. The van der Waals surface area contributed by atoms with Crippen LogP contribution in [0.4, 0.5) is 4.39 Å². The largest absolute Gasteiger partial charge is 0.351 e. The Morgan fingerprint density at radius 2 is 1.89 bits per heavy atom. The first-order valence-corrected chi connectivity index (χ1v) is 9.25. The zero-order chi connectivity index (χ0) is 18.7. The summed E-state index contributed by atoms with van der Waals surface area (Å²) in [5.74, 6) is -0.306. The lowest BCUT2D eigenvalue weighted by Crippen LogP contribution is -2.49. The minimum Gasteiger partial charge on any atom is -0.351 e. The molecule has 1 heterocycles. The van der Waals surface area contributed by atoms with Gasteiger partial charge in [0.05, 0.1) is 12.0 Å². The Balaban J connectivity index is 1.40. The zero-order valence-corrected chi connectivity index (χ0v) is 15.1. The predicted octanol–water partition coefficient (Wildman–Crippen LogP) is 3.81. The fourth-order valence-electron chi connectivity index (χ4n) is 3.66. The quantitative estimate of drug-likeness (QED) is 0.724. The van der Waals surface area contributed by atoms with Gasteiger partial charge in [-0.2, -0.15) is 5.10 Å². The van der Waals surface area contributed by atoms with Crippen LogP contribution in [-0.2, 0) is 23.3 Å². The van der Waals surface area contributed by atoms with Gasteiger partial charge in [-0.05, 0) is 47.7 Å². The van der Waals surface area contributed by atoms with Gasteiger partial charge in [-0.3, -0.25) is 9.48 Å². The molecule has 1 saturated carbocycles. The molecular formula is C22H22FN3O. The van der Waals surface area contributed by atoms with Crippen LogP contribution in [0.2, 0.25) is 0 Å². The number of carbonyl (C=O) groups excluding carboxylic acids is 1. The van der Waals surface area contributed by atoms with Crippen LogP contribution in [0, 0.1) is 5.82 Å². The monoisotopic (exact) mass is 363 g/mol. The van der Waals surface area contributed by atoms with Crippen LogP contribution in [0.15, 0.2) is 67.0 Å². The van der Waals surface area contributed by atoms with Crippen LogP contribution in [0.25, 0.3) is 0 Å². The standard InChI is InChI=1S/C22H22FN3O/c23-20-5-1-4-19(14-20)22(10-2-11-22)21(27)24-15-17-6-8-18(9-7-17)16-26-13-3-12-25-26/h1,3-9,12-14H,2,10-11,15-16H2,(H,24,27). The molecule has 2 aromatic carbocycles. The number of nitrogens with one attached hydrogen (secondary N) is 1. The molecule has 1 fully saturated rings. The highest BCUT2D eigenvalue weighted by Gasteiger charge is 2.45. The maximum Gasteiger partial charge on any atom is 0.230 e. The molecule has 3 aromatic rings. The number of amides is 1. The zero-order valence-electron chi connectivity index (χ0n) is 15.1. The SMILES string of the molecule is O=C(NCc1ccc(Cn2cccn2)cc1)C1(c2cccc(F)c2)CCC1. The molecule has 27 heavy (non-hydrogen) atoms. The van der Waals surface area contributed by atoms with Gasteiger partial charge in [0.1, 0.15) is 5.82 Å². The molecular weight excluding hydrogens is 341 g/mol. The molecule has 1 aromatic heterocycles. The highest BCUT2D eigenvalue weighted by molar-refractivity contribution is 5.89. The maximum absolute atomic E-state index is 13.6. The second kappa shape index (κ2) is 7.35. The van der Waals surface area contributed by atoms with Crippen molar-refractivity contribution in [1.82, 2.24) is 15.1 Å². The Bertz CT molecular complexity index is 915. The van der Waals surface area contributed by atoms with Crippen molar-refractivity contribution in [2.75, 3.05) is 0 Å². The number of hydrogen-bond donors (Lipinski definition) is 1. The van der Waals surface area contributed by atoms with Crippen molar-refractivity contribution < 1.29 is 9.18 Å². The Kier molecular flexibility index (Phi) is 4.75. The molecule has 4 rings (SSSR count). The van der Waals surface area contributed by atoms with Gasteiger partial charge >= 0.3 is 0 Å². The summed E-state index contributed by atoms with van der Waals surface area (Å²) >= 11 is 0. The number of benzene rings is 2. The molecule has 0 radical (unpaired) electrons. The fourth-order valence-corrected chi connectivity index (χ4v) is 3.66. The first-order valence-electron chi connectivity index (χ1n) is 9.25. The van der Waals surface area contributed by atoms with Crippen LogP contribution in [0.1, 0.15) is 36.0 Å². The minimum atomic E-state index is -0.581. The summed E-state index contributed by atoms with van der Waals surface area (Å²) in [6.07, 6.45) is 6.22. The van der Waals surface area contributed by atoms with Gasteiger partial charge in [0, 0.05) is 18.9 Å². The molecule has 1 aliphatic rings. The van der Waals surface area contributed by atoms with Crippen molar-refractivity contribution >= 4 is 5.91 Å². The van der Waals surface area contributed by atoms with E-state index in [2.05, 4.69) is 22.5 Å². The normalized spacial score (nSPS) is 15.1. The lowest BCUT2D eigenvalue weighted by molar-refractivity contribution is -0.130. The Labute approximate surface area is 158 Å². The van der Waals surface area contributed by atoms with E-state index in [1.54, 1.807) is 12.3 Å². The summed E-state index contributed by atoms with van der Waals surface area (Å²) in [5.41, 5.74) is 2.40. The van der Waals surface area contributed by atoms with Gasteiger partial charge in [0.15, 0.2) is 0 Å². The van der Waals surface area contributed by atoms with Gasteiger partial charge in [0.25, 0.3) is 0 Å². The van der Waals surface area contributed by atoms with Gasteiger partial charge in [-0.15, -0.1) is 0 Å². The first kappa shape index (κ1) is 17.5. The van der Waals surface area contributed by atoms with E-state index < -0.39 is 5.41 Å². The van der Waals surface area contributed by atoms with Crippen molar-refractivity contribution in [1.29, 1.82) is 0 Å². The second-order valence-corrected chi connectivity index (χ2v) is 7.15. The van der Waals surface area contributed by atoms with Crippen LogP contribution in [0.5, 0.6) is 0 Å². The molecule has 0 unspecified atom stereocenters. The number of halogens is 1. The average Bonchev–Trinajstić information content (AvgIpc) is 3.13. The second-order valence-electron chi connectivity index (χ2n) is 7.15. The topological polar surface area (TPSA) is 46.9 Å². The third-order valence-corrected chi connectivity index (χ3v) is 5.40. The molecule has 0 aliphatic heterocycles. The van der Waals surface area contributed by atoms with Crippen molar-refractivity contribution in [3.05, 3.63) is 89.5 Å². The van der Waals surface area contributed by atoms with Crippen LogP contribution < -0.4 is 5.32 Å². The average molecular weight is 363 g/mol. The van der Waals surface area contributed by atoms with Crippen molar-refractivity contribution in [3.63, 3.8) is 0 Å². The molecule has 0 saturated heterocycles. The number of carbonyl (C=O) groups is 1. The maximum atomic E-state index is 13.6. The van der Waals surface area contributed by atoms with E-state index in [0.717, 1.165) is 42.5 Å². The highest BCUT2D eigenvalue weighted by Crippen LogP contribution is 2.44. The van der Waals surface area contributed by atoms with Crippen molar-refractivity contribution in [2.45, 2.75) is 37.8 Å². The third kappa shape index (κ3) is 3.63. The van der Waals surface area contributed by atoms with Gasteiger partial charge in [-0.1, -0.05) is 42.8 Å². The molecule has 138 valence electrons. The van der Waals surface area contributed by atoms with E-state index in [1.165, 1.54) is 12.1 Å². The van der Waals surface area contributed by atoms with Crippen molar-refractivity contribution in [2.24, 2.45) is 0 Å². The van der Waals surface area contributed by atoms with Crippen LogP contribution in [-0.4, -0.2) is 15.7 Å². The van der Waals surface area contributed by atoms with Gasteiger partial charge in [-0.25, -0.2) is 4.39 Å². The van der Waals surface area contributed by atoms with E-state index in [9.17, 15) is 9.18 Å². The molecule has 1 amide bonds. The summed E-state index contributed by atoms with van der Waals surface area (Å²) in [4.78, 5) is 12.9. The molecule has 1 N–H and O–H groups in total. The Morgan fingerprint density at radius 3 is 2.52 bits per heavy atom. The van der Waals surface area contributed by atoms with Gasteiger partial charge < -0.3 is 5.32 Å². The minimum absolute atomic E-state index is 0.0139. The van der Waals surface area contributed by atoms with Crippen LogP contribution >= 0.6 is 0 Å². The van der Waals surface area contributed by atoms with E-state index in [4.69, 9.17) is 0 Å². The lowest BCUT2D eigenvalue weighted by Gasteiger charge is -2.40. The fraction of sp³-hybridized carbons (Fsp3) is 0.273. The van der Waals surface area contributed by atoms with E-state index >= 15 is 0 Å². The summed E-state index contributed by atoms with van der Waals surface area (Å²) in [6, 6.07) is 16.5. The molecule has 5 heteroatoms. The van der Waals surface area contributed by atoms with Crippen LogP contribution in [0.3, 0.4) is 0 Å². The first-order chi connectivity index (χ1) is 13.2. The number of hydrogen-bond acceptors (Lipinski definition) is 2. The predicted molar refractivity (Wildman–Crippen MR) is 102 cm³/mol. The summed E-state index contributed by atoms with van der Waals surface area (Å²) in [7, 11) is 0. The number of rotatable bonds is 6. The smallest absolute Gasteiger partial charge is 0.230 e. The van der Waals surface area contributed by atoms with E-state index in [0.29, 0.717) is 6.54 Å². The molecule has 0 atom stereocenters. The molecule has 1 aliphatic carbocycles. The molecule has 0 bridgehead atoms. The summed E-state index contributed by atoms with van der Waals surface area (Å²) in [6.45, 7) is 1.19. The van der Waals surface area contributed by atoms with E-state index in [-0.39, 0.29) is 11.7 Å². The lowest BCUT2D eigenvalue weighted by atomic mass is 9.64. The summed E-state index contributed by atoms with van der Waals surface area (Å²) < 4.78 is 15.5. The Morgan fingerprint density at radius 1 is 1.11 bits per heavy atom. The van der Waals surface area contributed by atoms with Gasteiger partial charge in [0.2, 0.25) is 5.91 Å². The summed E-state index contributed by atoms with van der Waals surface area (Å²) in [5, 5.41) is 7.25. The molecule has 0 spiro atoms. The third-order valence-electron chi connectivity index (χ3n) is 5.40.